The average molecular weight is 325 g/mol. The number of amides is 1. The van der Waals surface area contributed by atoms with Gasteiger partial charge in [0.1, 0.15) is 17.8 Å². The molecule has 8 heteroatoms. The summed E-state index contributed by atoms with van der Waals surface area (Å²) in [4.78, 5) is 31.0. The molecule has 2 aliphatic rings. The van der Waals surface area contributed by atoms with Crippen LogP contribution in [0, 0.1) is 0 Å². The first kappa shape index (κ1) is 14.6. The van der Waals surface area contributed by atoms with Crippen molar-refractivity contribution in [3.8, 4) is 5.88 Å². The summed E-state index contributed by atoms with van der Waals surface area (Å²) in [7, 11) is 0. The third-order valence-electron chi connectivity index (χ3n) is 4.02. The van der Waals surface area contributed by atoms with Crippen molar-refractivity contribution in [3.05, 3.63) is 35.8 Å². The number of nitrogens with zero attached hydrogens (tertiary/aromatic N) is 5. The summed E-state index contributed by atoms with van der Waals surface area (Å²) in [5.41, 5.74) is 1.39. The minimum Gasteiger partial charge on any atom is -0.493 e. The van der Waals surface area contributed by atoms with Gasteiger partial charge >= 0.3 is 0 Å². The maximum atomic E-state index is 12.6. The van der Waals surface area contributed by atoms with Gasteiger partial charge in [-0.25, -0.2) is 9.97 Å². The number of allylic oxidation sites excluding steroid dienone is 1. The fourth-order valence-electron chi connectivity index (χ4n) is 2.86. The summed E-state index contributed by atoms with van der Waals surface area (Å²) >= 11 is 0. The topological polar surface area (TPSA) is 105 Å². The fraction of sp³-hybridized carbons (Fsp3) is 0.312. The first-order valence-corrected chi connectivity index (χ1v) is 7.77. The van der Waals surface area contributed by atoms with Crippen molar-refractivity contribution in [1.82, 2.24) is 15.0 Å². The molecule has 4 heterocycles. The minimum atomic E-state index is -0.310. The van der Waals surface area contributed by atoms with Crippen molar-refractivity contribution in [3.63, 3.8) is 0 Å². The van der Waals surface area contributed by atoms with Crippen LogP contribution in [-0.4, -0.2) is 38.7 Å². The van der Waals surface area contributed by atoms with Gasteiger partial charge in [-0.05, 0) is 25.7 Å². The number of fused-ring (bicyclic) bond motifs is 1. The average Bonchev–Trinajstić information content (AvgIpc) is 3.16. The van der Waals surface area contributed by atoms with Crippen LogP contribution >= 0.6 is 0 Å². The van der Waals surface area contributed by atoms with Crippen molar-refractivity contribution >= 4 is 23.6 Å². The number of rotatable bonds is 2. The Morgan fingerprint density at radius 3 is 2.96 bits per heavy atom. The maximum absolute atomic E-state index is 12.6. The van der Waals surface area contributed by atoms with Crippen LogP contribution in [0.15, 0.2) is 28.1 Å². The Morgan fingerprint density at radius 2 is 2.21 bits per heavy atom. The van der Waals surface area contributed by atoms with Gasteiger partial charge in [-0.2, -0.15) is 4.98 Å². The highest BCUT2D eigenvalue weighted by Gasteiger charge is 2.30. The van der Waals surface area contributed by atoms with E-state index in [0.717, 1.165) is 12.8 Å². The molecule has 0 unspecified atom stereocenters. The summed E-state index contributed by atoms with van der Waals surface area (Å²) in [5, 5.41) is 10.3. The predicted molar refractivity (Wildman–Crippen MR) is 85.9 cm³/mol. The number of hydrogen-bond donors (Lipinski definition) is 1. The summed E-state index contributed by atoms with van der Waals surface area (Å²) in [6, 6.07) is 0. The molecule has 0 bridgehead atoms. The third kappa shape index (κ3) is 2.45. The van der Waals surface area contributed by atoms with Gasteiger partial charge in [0, 0.05) is 12.8 Å². The first-order valence-electron chi connectivity index (χ1n) is 7.77. The number of aromatic hydroxyl groups is 1. The van der Waals surface area contributed by atoms with Gasteiger partial charge in [-0.1, -0.05) is 6.08 Å². The molecule has 8 nitrogen and oxygen atoms in total. The molecular formula is C16H15N5O3. The lowest BCUT2D eigenvalue weighted by atomic mass is 10.1. The summed E-state index contributed by atoms with van der Waals surface area (Å²) in [6.07, 6.45) is 9.29. The van der Waals surface area contributed by atoms with E-state index in [1.54, 1.807) is 6.21 Å². The van der Waals surface area contributed by atoms with E-state index in [9.17, 15) is 9.90 Å². The molecule has 0 saturated heterocycles. The highest BCUT2D eigenvalue weighted by Crippen LogP contribution is 2.33. The second-order valence-corrected chi connectivity index (χ2v) is 5.59. The zero-order valence-electron chi connectivity index (χ0n) is 12.8. The van der Waals surface area contributed by atoms with E-state index >= 15 is 0 Å². The van der Waals surface area contributed by atoms with E-state index in [-0.39, 0.29) is 17.5 Å². The monoisotopic (exact) mass is 325 g/mol. The molecule has 2 aliphatic heterocycles. The molecule has 0 aliphatic carbocycles. The number of carbonyl (C=O) groups excluding carboxylic acids is 1. The Labute approximate surface area is 137 Å². The van der Waals surface area contributed by atoms with Crippen LogP contribution in [0.4, 0.5) is 5.82 Å². The van der Waals surface area contributed by atoms with Crippen LogP contribution in [-0.2, 0) is 6.42 Å². The van der Waals surface area contributed by atoms with Gasteiger partial charge in [-0.15, -0.1) is 0 Å². The van der Waals surface area contributed by atoms with Crippen LogP contribution in [0.5, 0.6) is 5.88 Å². The highest BCUT2D eigenvalue weighted by molar-refractivity contribution is 6.04. The largest absolute Gasteiger partial charge is 0.493 e. The molecule has 0 aromatic carbocycles. The van der Waals surface area contributed by atoms with Gasteiger partial charge in [0.05, 0.1) is 5.56 Å². The van der Waals surface area contributed by atoms with Crippen LogP contribution in [0.1, 0.15) is 41.1 Å². The van der Waals surface area contributed by atoms with E-state index in [0.29, 0.717) is 42.3 Å². The lowest BCUT2D eigenvalue weighted by molar-refractivity contribution is 0.0979. The summed E-state index contributed by atoms with van der Waals surface area (Å²) in [6.45, 7) is 0.497. The number of hydrogen-bond acceptors (Lipinski definition) is 7. The molecule has 0 radical (unpaired) electrons. The molecule has 24 heavy (non-hydrogen) atoms. The Balaban J connectivity index is 1.78. The van der Waals surface area contributed by atoms with Gasteiger partial charge in [-0.3, -0.25) is 14.7 Å². The van der Waals surface area contributed by atoms with Crippen molar-refractivity contribution in [2.75, 3.05) is 11.4 Å². The molecule has 1 N–H and O–H groups in total. The second-order valence-electron chi connectivity index (χ2n) is 5.59. The minimum absolute atomic E-state index is 0.102. The fourth-order valence-corrected chi connectivity index (χ4v) is 2.86. The Bertz CT molecular complexity index is 842. The number of aliphatic imine (C=N–C) groups is 1. The molecule has 0 saturated carbocycles. The lowest BCUT2D eigenvalue weighted by Crippen LogP contribution is -2.37. The molecule has 1 amide bonds. The van der Waals surface area contributed by atoms with E-state index in [1.165, 1.54) is 17.6 Å². The highest BCUT2D eigenvalue weighted by atomic mass is 16.3. The molecule has 2 aromatic heterocycles. The van der Waals surface area contributed by atoms with E-state index < -0.39 is 0 Å². The smallest absolute Gasteiger partial charge is 0.281 e. The molecule has 0 atom stereocenters. The van der Waals surface area contributed by atoms with Gasteiger partial charge in [0.2, 0.25) is 5.88 Å². The Hall–Kier alpha value is -3.03. The Morgan fingerprint density at radius 1 is 1.29 bits per heavy atom. The number of aromatic nitrogens is 3. The normalized spacial score (nSPS) is 16.7. The zero-order chi connectivity index (χ0) is 16.5. The summed E-state index contributed by atoms with van der Waals surface area (Å²) < 4.78 is 4.89. The standard InChI is InChI=1S/C16H15N5O3/c22-15-10-4-3-7-21(16(23)12-8-24-9-18-12)14(10)19-13(20-15)11-5-1-2-6-17-11/h5-6,8-9H,1-4,7H2,(H,19,20,22). The van der Waals surface area contributed by atoms with Crippen LogP contribution in [0.25, 0.3) is 5.70 Å². The quantitative estimate of drug-likeness (QED) is 0.905. The van der Waals surface area contributed by atoms with Crippen LogP contribution in [0.3, 0.4) is 0 Å². The van der Waals surface area contributed by atoms with Crippen LogP contribution < -0.4 is 4.90 Å². The van der Waals surface area contributed by atoms with Crippen molar-refractivity contribution in [1.29, 1.82) is 0 Å². The van der Waals surface area contributed by atoms with Crippen molar-refractivity contribution in [2.24, 2.45) is 4.99 Å². The number of oxazole rings is 1. The third-order valence-corrected chi connectivity index (χ3v) is 4.02. The van der Waals surface area contributed by atoms with Crippen LogP contribution in [0.2, 0.25) is 0 Å². The van der Waals surface area contributed by atoms with E-state index in [1.807, 2.05) is 6.08 Å². The van der Waals surface area contributed by atoms with Gasteiger partial charge in [0.25, 0.3) is 5.91 Å². The predicted octanol–water partition coefficient (Wildman–Crippen LogP) is 1.97. The molecule has 0 fully saturated rings. The van der Waals surface area contributed by atoms with E-state index in [4.69, 9.17) is 4.42 Å². The molecule has 4 rings (SSSR count). The SMILES string of the molecule is O=C(c1cocn1)N1CCCc2c(O)nc(C3=CCCC=N3)nc21. The molecule has 122 valence electrons. The lowest BCUT2D eigenvalue weighted by Gasteiger charge is -2.28. The van der Waals surface area contributed by atoms with Gasteiger partial charge in [0.15, 0.2) is 17.9 Å². The number of anilines is 1. The summed E-state index contributed by atoms with van der Waals surface area (Å²) in [5.74, 6) is 0.324. The van der Waals surface area contributed by atoms with E-state index in [2.05, 4.69) is 19.9 Å². The van der Waals surface area contributed by atoms with Crippen molar-refractivity contribution < 1.29 is 14.3 Å². The van der Waals surface area contributed by atoms with Gasteiger partial charge < -0.3 is 9.52 Å². The second kappa shape index (κ2) is 5.88. The zero-order valence-corrected chi connectivity index (χ0v) is 12.8. The number of carbonyl (C=O) groups is 1. The Kier molecular flexibility index (Phi) is 3.56. The molecule has 0 spiro atoms. The van der Waals surface area contributed by atoms with Crippen molar-refractivity contribution in [2.45, 2.75) is 25.7 Å². The first-order chi connectivity index (χ1) is 11.7. The molecule has 2 aromatic rings. The molecular weight excluding hydrogens is 310 g/mol. The maximum Gasteiger partial charge on any atom is 0.281 e.